The fourth-order valence-electron chi connectivity index (χ4n) is 2.19. The van der Waals surface area contributed by atoms with Crippen LogP contribution in [0.15, 0.2) is 36.4 Å². The number of anilines is 1. The number of ketones is 2. The first kappa shape index (κ1) is 14.6. The van der Waals surface area contributed by atoms with Crippen molar-refractivity contribution in [3.05, 3.63) is 59.2 Å². The van der Waals surface area contributed by atoms with Crippen molar-refractivity contribution in [3.8, 4) is 0 Å². The van der Waals surface area contributed by atoms with Crippen LogP contribution in [0.5, 0.6) is 0 Å². The number of aromatic nitrogens is 5. The standard InChI is InChI=1S/C15H14N6O2/c16-10-3-1-9(2-4-10)7-11-5-6-12(17-11)8-13(22)14(23)15-18-20-21-19-15/h1-6,17H,7-8,16H2,(H,18,19,20,21). The summed E-state index contributed by atoms with van der Waals surface area (Å²) in [6.45, 7) is 0. The maximum Gasteiger partial charge on any atom is 0.269 e. The number of nitrogens with two attached hydrogens (primary N) is 1. The summed E-state index contributed by atoms with van der Waals surface area (Å²) < 4.78 is 0. The summed E-state index contributed by atoms with van der Waals surface area (Å²) in [6, 6.07) is 11.2. The molecule has 0 amide bonds. The zero-order chi connectivity index (χ0) is 16.2. The Morgan fingerprint density at radius 1 is 1.04 bits per heavy atom. The molecule has 0 aliphatic heterocycles. The summed E-state index contributed by atoms with van der Waals surface area (Å²) in [5, 5.41) is 12.4. The number of rotatable bonds is 6. The molecule has 116 valence electrons. The van der Waals surface area contributed by atoms with Gasteiger partial charge in [0.1, 0.15) is 0 Å². The summed E-state index contributed by atoms with van der Waals surface area (Å²) in [4.78, 5) is 26.8. The molecule has 0 saturated heterocycles. The van der Waals surface area contributed by atoms with Crippen LogP contribution in [0, 0.1) is 0 Å². The highest BCUT2D eigenvalue weighted by Gasteiger charge is 2.21. The molecule has 0 saturated carbocycles. The molecule has 0 aliphatic rings. The average molecular weight is 310 g/mol. The Hall–Kier alpha value is -3.29. The van der Waals surface area contributed by atoms with E-state index in [2.05, 4.69) is 25.6 Å². The SMILES string of the molecule is Nc1ccc(Cc2ccc(CC(=O)C(=O)c3nn[nH]n3)[nH]2)cc1. The van der Waals surface area contributed by atoms with E-state index in [1.54, 1.807) is 6.07 Å². The molecule has 0 aliphatic carbocycles. The van der Waals surface area contributed by atoms with Crippen LogP contribution in [0.25, 0.3) is 0 Å². The Labute approximate surface area is 131 Å². The first-order valence-electron chi connectivity index (χ1n) is 6.94. The highest BCUT2D eigenvalue weighted by atomic mass is 16.2. The molecule has 4 N–H and O–H groups in total. The minimum Gasteiger partial charge on any atom is -0.399 e. The van der Waals surface area contributed by atoms with Crippen LogP contribution in [-0.4, -0.2) is 37.2 Å². The molecule has 3 rings (SSSR count). The lowest BCUT2D eigenvalue weighted by Crippen LogP contribution is -2.18. The molecule has 2 heterocycles. The van der Waals surface area contributed by atoms with Crippen LogP contribution in [0.4, 0.5) is 5.69 Å². The molecule has 0 radical (unpaired) electrons. The van der Waals surface area contributed by atoms with Gasteiger partial charge in [-0.3, -0.25) is 9.59 Å². The van der Waals surface area contributed by atoms with E-state index >= 15 is 0 Å². The number of nitrogens with one attached hydrogen (secondary N) is 2. The second-order valence-electron chi connectivity index (χ2n) is 5.09. The van der Waals surface area contributed by atoms with Crippen molar-refractivity contribution in [2.45, 2.75) is 12.8 Å². The van der Waals surface area contributed by atoms with Crippen LogP contribution in [0.1, 0.15) is 27.6 Å². The van der Waals surface area contributed by atoms with E-state index in [0.717, 1.165) is 11.3 Å². The summed E-state index contributed by atoms with van der Waals surface area (Å²) in [5.74, 6) is -1.57. The van der Waals surface area contributed by atoms with Crippen LogP contribution in [0.3, 0.4) is 0 Å². The van der Waals surface area contributed by atoms with Gasteiger partial charge in [-0.1, -0.05) is 12.1 Å². The lowest BCUT2D eigenvalue weighted by atomic mass is 10.1. The quantitative estimate of drug-likeness (QED) is 0.349. The maximum atomic E-state index is 11.9. The molecular formula is C15H14N6O2. The molecule has 8 heteroatoms. The number of benzene rings is 1. The van der Waals surface area contributed by atoms with Gasteiger partial charge in [-0.15, -0.1) is 10.2 Å². The summed E-state index contributed by atoms with van der Waals surface area (Å²) in [5.41, 5.74) is 9.08. The first-order valence-corrected chi connectivity index (χ1v) is 6.94. The molecule has 0 fully saturated rings. The lowest BCUT2D eigenvalue weighted by Gasteiger charge is -2.00. The van der Waals surface area contributed by atoms with Crippen LogP contribution in [0.2, 0.25) is 0 Å². The third-order valence-electron chi connectivity index (χ3n) is 3.33. The number of hydrogen-bond donors (Lipinski definition) is 3. The van der Waals surface area contributed by atoms with Crippen molar-refractivity contribution >= 4 is 17.3 Å². The van der Waals surface area contributed by atoms with Crippen molar-refractivity contribution in [1.29, 1.82) is 0 Å². The molecule has 1 aromatic carbocycles. The summed E-state index contributed by atoms with van der Waals surface area (Å²) in [6.07, 6.45) is 0.655. The van der Waals surface area contributed by atoms with E-state index in [1.165, 1.54) is 0 Å². The van der Waals surface area contributed by atoms with E-state index in [4.69, 9.17) is 5.73 Å². The van der Waals surface area contributed by atoms with Crippen LogP contribution in [-0.2, 0) is 17.6 Å². The highest BCUT2D eigenvalue weighted by Crippen LogP contribution is 2.12. The van der Waals surface area contributed by atoms with E-state index < -0.39 is 11.6 Å². The van der Waals surface area contributed by atoms with Gasteiger partial charge in [0.05, 0.1) is 6.42 Å². The topological polar surface area (TPSA) is 130 Å². The van der Waals surface area contributed by atoms with Gasteiger partial charge >= 0.3 is 0 Å². The number of nitrogen functional groups attached to an aromatic ring is 1. The Kier molecular flexibility index (Phi) is 3.96. The number of aromatic amines is 2. The van der Waals surface area contributed by atoms with E-state index in [0.29, 0.717) is 17.8 Å². The summed E-state index contributed by atoms with van der Waals surface area (Å²) in [7, 11) is 0. The zero-order valence-corrected chi connectivity index (χ0v) is 12.1. The third-order valence-corrected chi connectivity index (χ3v) is 3.33. The second kappa shape index (κ2) is 6.22. The fourth-order valence-corrected chi connectivity index (χ4v) is 2.19. The smallest absolute Gasteiger partial charge is 0.269 e. The molecule has 0 spiro atoms. The molecule has 2 aromatic heterocycles. The second-order valence-corrected chi connectivity index (χ2v) is 5.09. The van der Waals surface area contributed by atoms with Gasteiger partial charge in [0.15, 0.2) is 0 Å². The number of nitrogens with zero attached hydrogens (tertiary/aromatic N) is 3. The zero-order valence-electron chi connectivity index (χ0n) is 12.1. The van der Waals surface area contributed by atoms with Crippen molar-refractivity contribution in [3.63, 3.8) is 0 Å². The number of carbonyl (C=O) groups excluding carboxylic acids is 2. The Morgan fingerprint density at radius 2 is 1.78 bits per heavy atom. The van der Waals surface area contributed by atoms with E-state index in [-0.39, 0.29) is 12.2 Å². The van der Waals surface area contributed by atoms with Crippen molar-refractivity contribution < 1.29 is 9.59 Å². The minimum atomic E-state index is -0.756. The monoisotopic (exact) mass is 310 g/mol. The molecular weight excluding hydrogens is 296 g/mol. The minimum absolute atomic E-state index is 0.0326. The van der Waals surface area contributed by atoms with Gasteiger partial charge in [-0.2, -0.15) is 5.21 Å². The number of hydrogen-bond acceptors (Lipinski definition) is 6. The predicted octanol–water partition coefficient (Wildman–Crippen LogP) is 0.695. The Morgan fingerprint density at radius 3 is 2.48 bits per heavy atom. The molecule has 0 bridgehead atoms. The molecule has 0 atom stereocenters. The largest absolute Gasteiger partial charge is 0.399 e. The molecule has 0 unspecified atom stereocenters. The number of Topliss-reactive ketones (excluding diaryl/α,β-unsaturated/α-hetero) is 2. The van der Waals surface area contributed by atoms with Gasteiger partial charge in [0.25, 0.3) is 5.78 Å². The normalized spacial score (nSPS) is 10.6. The predicted molar refractivity (Wildman–Crippen MR) is 81.7 cm³/mol. The Balaban J connectivity index is 1.64. The van der Waals surface area contributed by atoms with Gasteiger partial charge in [0, 0.05) is 23.5 Å². The van der Waals surface area contributed by atoms with E-state index in [1.807, 2.05) is 30.3 Å². The van der Waals surface area contributed by atoms with Crippen molar-refractivity contribution in [2.24, 2.45) is 0 Å². The van der Waals surface area contributed by atoms with Gasteiger partial charge < -0.3 is 10.7 Å². The highest BCUT2D eigenvalue weighted by molar-refractivity contribution is 6.42. The Bertz CT molecular complexity index is 820. The molecule has 3 aromatic rings. The van der Waals surface area contributed by atoms with Crippen molar-refractivity contribution in [1.82, 2.24) is 25.6 Å². The maximum absolute atomic E-state index is 11.9. The van der Waals surface area contributed by atoms with Crippen LogP contribution < -0.4 is 5.73 Å². The molecule has 23 heavy (non-hydrogen) atoms. The third kappa shape index (κ3) is 3.49. The van der Waals surface area contributed by atoms with E-state index in [9.17, 15) is 9.59 Å². The first-order chi connectivity index (χ1) is 11.1. The molecule has 8 nitrogen and oxygen atoms in total. The van der Waals surface area contributed by atoms with Gasteiger partial charge in [0.2, 0.25) is 11.6 Å². The number of H-pyrrole nitrogens is 2. The fraction of sp³-hybridized carbons (Fsp3) is 0.133. The lowest BCUT2D eigenvalue weighted by molar-refractivity contribution is -0.114. The number of carbonyl (C=O) groups is 2. The van der Waals surface area contributed by atoms with Gasteiger partial charge in [-0.25, -0.2) is 0 Å². The summed E-state index contributed by atoms with van der Waals surface area (Å²) >= 11 is 0. The number of tetrazole rings is 1. The van der Waals surface area contributed by atoms with Gasteiger partial charge in [-0.05, 0) is 35.0 Å². The van der Waals surface area contributed by atoms with Crippen LogP contribution >= 0.6 is 0 Å². The average Bonchev–Trinajstić information content (AvgIpc) is 3.21. The van der Waals surface area contributed by atoms with Crippen molar-refractivity contribution in [2.75, 3.05) is 5.73 Å².